The average Bonchev–Trinajstić information content (AvgIpc) is 2.25. The van der Waals surface area contributed by atoms with Crippen LogP contribution < -0.4 is 0 Å². The van der Waals surface area contributed by atoms with E-state index in [0.29, 0.717) is 12.2 Å². The predicted molar refractivity (Wildman–Crippen MR) is 72.2 cm³/mol. The number of rotatable bonds is 7. The van der Waals surface area contributed by atoms with Crippen molar-refractivity contribution in [1.29, 1.82) is 0 Å². The Morgan fingerprint density at radius 3 is 2.29 bits per heavy atom. The zero-order valence-electron chi connectivity index (χ0n) is 11.5. The monoisotopic (exact) mass is 260 g/mol. The Kier molecular flexibility index (Phi) is 7.51. The van der Waals surface area contributed by atoms with E-state index in [1.54, 1.807) is 11.8 Å². The summed E-state index contributed by atoms with van der Waals surface area (Å²) in [7, 11) is 1.34. The summed E-state index contributed by atoms with van der Waals surface area (Å²) >= 11 is 1.57. The van der Waals surface area contributed by atoms with Gasteiger partial charge in [0.05, 0.1) is 12.9 Å². The van der Waals surface area contributed by atoms with Gasteiger partial charge in [0.15, 0.2) is 5.78 Å². The van der Waals surface area contributed by atoms with E-state index in [0.717, 1.165) is 12.8 Å². The minimum absolute atomic E-state index is 0.00905. The molecule has 1 atom stereocenters. The van der Waals surface area contributed by atoms with Crippen molar-refractivity contribution in [2.75, 3.05) is 12.9 Å². The molecule has 0 saturated carbocycles. The van der Waals surface area contributed by atoms with Gasteiger partial charge in [-0.15, -0.1) is 11.8 Å². The van der Waals surface area contributed by atoms with E-state index in [1.165, 1.54) is 7.11 Å². The Bertz CT molecular complexity index is 256. The highest BCUT2D eigenvalue weighted by Crippen LogP contribution is 2.25. The molecule has 0 N–H and O–H groups in total. The second kappa shape index (κ2) is 7.75. The maximum atomic E-state index is 12.0. The van der Waals surface area contributed by atoms with Crippen molar-refractivity contribution in [1.82, 2.24) is 0 Å². The molecule has 100 valence electrons. The predicted octanol–water partition coefficient (Wildman–Crippen LogP) is 3.07. The van der Waals surface area contributed by atoms with Crippen LogP contribution in [-0.4, -0.2) is 29.4 Å². The highest BCUT2D eigenvalue weighted by molar-refractivity contribution is 8.01. The van der Waals surface area contributed by atoms with E-state index in [9.17, 15) is 9.59 Å². The Hall–Kier alpha value is -0.510. The molecule has 0 aliphatic carbocycles. The molecule has 0 aromatic carbocycles. The summed E-state index contributed by atoms with van der Waals surface area (Å²) in [5.41, 5.74) is 0. The van der Waals surface area contributed by atoms with Crippen molar-refractivity contribution >= 4 is 23.5 Å². The van der Waals surface area contributed by atoms with Crippen LogP contribution in [0.4, 0.5) is 0 Å². The first-order valence-corrected chi connectivity index (χ1v) is 7.05. The normalized spacial score (nSPS) is 13.2. The first kappa shape index (κ1) is 16.5. The van der Waals surface area contributed by atoms with Crippen LogP contribution in [0.25, 0.3) is 0 Å². The van der Waals surface area contributed by atoms with E-state index in [1.807, 2.05) is 6.92 Å². The van der Waals surface area contributed by atoms with Crippen molar-refractivity contribution in [2.24, 2.45) is 5.92 Å². The summed E-state index contributed by atoms with van der Waals surface area (Å²) in [5, 5.41) is 0. The number of hydrogen-bond donors (Lipinski definition) is 0. The molecular weight excluding hydrogens is 236 g/mol. The van der Waals surface area contributed by atoms with E-state index in [2.05, 4.69) is 20.8 Å². The molecule has 3 nitrogen and oxygen atoms in total. The molecule has 0 bridgehead atoms. The lowest BCUT2D eigenvalue weighted by Gasteiger charge is -2.19. The number of ether oxygens (including phenoxy) is 1. The lowest BCUT2D eigenvalue weighted by molar-refractivity contribution is -0.149. The fraction of sp³-hybridized carbons (Fsp3) is 0.846. The molecule has 0 spiro atoms. The minimum Gasteiger partial charge on any atom is -0.468 e. The summed E-state index contributed by atoms with van der Waals surface area (Å²) in [5.74, 6) is -0.592. The smallest absolute Gasteiger partial charge is 0.316 e. The molecule has 0 aliphatic heterocycles. The van der Waals surface area contributed by atoms with Gasteiger partial charge in [-0.3, -0.25) is 9.59 Å². The zero-order valence-corrected chi connectivity index (χ0v) is 12.4. The Balaban J connectivity index is 4.37. The lowest BCUT2D eigenvalue weighted by atomic mass is 9.98. The number of carbonyl (C=O) groups excluding carboxylic acids is 2. The van der Waals surface area contributed by atoms with Gasteiger partial charge in [-0.1, -0.05) is 40.5 Å². The topological polar surface area (TPSA) is 43.4 Å². The molecule has 0 fully saturated rings. The Morgan fingerprint density at radius 1 is 1.29 bits per heavy atom. The number of ketones is 1. The molecule has 0 amide bonds. The van der Waals surface area contributed by atoms with Crippen LogP contribution in [0.15, 0.2) is 0 Å². The Labute approximate surface area is 109 Å². The summed E-state index contributed by atoms with van der Waals surface area (Å²) in [6, 6.07) is 0. The van der Waals surface area contributed by atoms with Gasteiger partial charge in [-0.05, 0) is 6.42 Å². The van der Waals surface area contributed by atoms with E-state index < -0.39 is 11.9 Å². The van der Waals surface area contributed by atoms with Gasteiger partial charge in [0, 0.05) is 4.75 Å². The quantitative estimate of drug-likeness (QED) is 0.521. The van der Waals surface area contributed by atoms with Crippen LogP contribution in [0.1, 0.15) is 47.0 Å². The van der Waals surface area contributed by atoms with Crippen LogP contribution >= 0.6 is 11.8 Å². The van der Waals surface area contributed by atoms with Crippen LogP contribution in [0.3, 0.4) is 0 Å². The van der Waals surface area contributed by atoms with Crippen molar-refractivity contribution in [3.63, 3.8) is 0 Å². The molecule has 1 unspecified atom stereocenters. The van der Waals surface area contributed by atoms with Crippen molar-refractivity contribution in [3.05, 3.63) is 0 Å². The number of methoxy groups -OCH3 is 1. The van der Waals surface area contributed by atoms with Crippen LogP contribution in [-0.2, 0) is 14.3 Å². The molecule has 4 heteroatoms. The zero-order chi connectivity index (χ0) is 13.5. The largest absolute Gasteiger partial charge is 0.468 e. The van der Waals surface area contributed by atoms with Gasteiger partial charge in [-0.2, -0.15) is 0 Å². The third-order valence-corrected chi connectivity index (χ3v) is 3.66. The third kappa shape index (κ3) is 7.42. The fourth-order valence-electron chi connectivity index (χ4n) is 1.35. The van der Waals surface area contributed by atoms with Gasteiger partial charge < -0.3 is 4.74 Å². The number of Topliss-reactive ketones (excluding diaryl/α,β-unsaturated/α-hetero) is 1. The maximum Gasteiger partial charge on any atom is 0.316 e. The molecule has 0 rings (SSSR count). The lowest BCUT2D eigenvalue weighted by Crippen LogP contribution is -2.28. The molecule has 0 radical (unpaired) electrons. The number of hydrogen-bond acceptors (Lipinski definition) is 4. The van der Waals surface area contributed by atoms with Crippen molar-refractivity contribution < 1.29 is 14.3 Å². The Morgan fingerprint density at radius 2 is 1.88 bits per heavy atom. The van der Waals surface area contributed by atoms with Crippen LogP contribution in [0, 0.1) is 5.92 Å². The average molecular weight is 260 g/mol. The maximum absolute atomic E-state index is 12.0. The number of unbranched alkanes of at least 4 members (excludes halogenated alkanes) is 1. The second-order valence-corrected chi connectivity index (χ2v) is 6.89. The van der Waals surface area contributed by atoms with Crippen LogP contribution in [0.5, 0.6) is 0 Å². The number of carbonyl (C=O) groups is 2. The minimum atomic E-state index is -0.574. The van der Waals surface area contributed by atoms with Crippen molar-refractivity contribution in [2.45, 2.75) is 51.7 Å². The summed E-state index contributed by atoms with van der Waals surface area (Å²) in [4.78, 5) is 23.5. The summed E-state index contributed by atoms with van der Waals surface area (Å²) < 4.78 is 4.74. The van der Waals surface area contributed by atoms with Gasteiger partial charge in [0.25, 0.3) is 0 Å². The fourth-order valence-corrected chi connectivity index (χ4v) is 2.13. The standard InChI is InChI=1S/C13H24O3S/c1-6-7-8-10(12(15)16-5)11(14)9-17-13(2,3)4/h10H,6-9H2,1-5H3. The highest BCUT2D eigenvalue weighted by Gasteiger charge is 2.27. The SMILES string of the molecule is CCCCC(C(=O)CSC(C)(C)C)C(=O)OC. The van der Waals surface area contributed by atoms with E-state index in [-0.39, 0.29) is 10.5 Å². The van der Waals surface area contributed by atoms with Crippen molar-refractivity contribution in [3.8, 4) is 0 Å². The molecule has 17 heavy (non-hydrogen) atoms. The van der Waals surface area contributed by atoms with Gasteiger partial charge in [-0.25, -0.2) is 0 Å². The second-order valence-electron chi connectivity index (χ2n) is 5.09. The summed E-state index contributed by atoms with van der Waals surface area (Å²) in [6.45, 7) is 8.22. The molecule has 0 aliphatic rings. The van der Waals surface area contributed by atoms with E-state index in [4.69, 9.17) is 4.74 Å². The number of esters is 1. The first-order valence-electron chi connectivity index (χ1n) is 6.06. The van der Waals surface area contributed by atoms with Gasteiger partial charge >= 0.3 is 5.97 Å². The first-order chi connectivity index (χ1) is 7.81. The van der Waals surface area contributed by atoms with Crippen LogP contribution in [0.2, 0.25) is 0 Å². The molecular formula is C13H24O3S. The molecule has 0 saturated heterocycles. The van der Waals surface area contributed by atoms with E-state index >= 15 is 0 Å². The molecule has 0 aromatic heterocycles. The molecule has 0 heterocycles. The third-order valence-electron chi connectivity index (χ3n) is 2.37. The summed E-state index contributed by atoms with van der Waals surface area (Å²) in [6.07, 6.45) is 2.46. The van der Waals surface area contributed by atoms with Gasteiger partial charge in [0.1, 0.15) is 5.92 Å². The highest BCUT2D eigenvalue weighted by atomic mass is 32.2. The number of thioether (sulfide) groups is 1. The molecule has 0 aromatic rings. The van der Waals surface area contributed by atoms with Gasteiger partial charge in [0.2, 0.25) is 0 Å².